The van der Waals surface area contributed by atoms with Crippen LogP contribution in [0, 0.1) is 0 Å². The molecule has 0 unspecified atom stereocenters. The summed E-state index contributed by atoms with van der Waals surface area (Å²) in [4.78, 5) is 37.6. The first-order valence-electron chi connectivity index (χ1n) is 9.19. The van der Waals surface area contributed by atoms with Crippen molar-refractivity contribution in [2.45, 2.75) is 26.5 Å². The van der Waals surface area contributed by atoms with Crippen LogP contribution in [-0.2, 0) is 16.1 Å². The molecule has 1 N–H and O–H groups in total. The van der Waals surface area contributed by atoms with Gasteiger partial charge in [-0.3, -0.25) is 9.69 Å². The van der Waals surface area contributed by atoms with Crippen molar-refractivity contribution in [3.05, 3.63) is 53.1 Å². The van der Waals surface area contributed by atoms with E-state index in [-0.39, 0.29) is 29.9 Å². The maximum atomic E-state index is 12.8. The van der Waals surface area contributed by atoms with Gasteiger partial charge in [0.15, 0.2) is 11.5 Å². The molecule has 9 nitrogen and oxygen atoms in total. The first kappa shape index (κ1) is 21.0. The quantitative estimate of drug-likeness (QED) is 0.422. The van der Waals surface area contributed by atoms with Crippen molar-refractivity contribution in [2.24, 2.45) is 0 Å². The van der Waals surface area contributed by atoms with Crippen LogP contribution in [0.3, 0.4) is 0 Å². The molecule has 1 saturated heterocycles. The molecule has 0 aliphatic carbocycles. The van der Waals surface area contributed by atoms with Crippen molar-refractivity contribution in [3.63, 3.8) is 0 Å². The molecule has 0 bridgehead atoms. The van der Waals surface area contributed by atoms with Gasteiger partial charge in [-0.15, -0.1) is 0 Å². The predicted molar refractivity (Wildman–Crippen MR) is 106 cm³/mol. The van der Waals surface area contributed by atoms with Crippen molar-refractivity contribution >= 4 is 24.0 Å². The number of imide groups is 1. The summed E-state index contributed by atoms with van der Waals surface area (Å²) in [5.41, 5.74) is 0.668. The fraction of sp³-hybridized carbons (Fsp3) is 0.286. The molecule has 0 radical (unpaired) electrons. The number of methoxy groups -OCH3 is 2. The van der Waals surface area contributed by atoms with Gasteiger partial charge in [-0.2, -0.15) is 0 Å². The lowest BCUT2D eigenvalue weighted by Crippen LogP contribution is -2.30. The zero-order valence-electron chi connectivity index (χ0n) is 17.1. The van der Waals surface area contributed by atoms with Crippen molar-refractivity contribution in [2.75, 3.05) is 14.2 Å². The number of carbonyl (C=O) groups is 3. The summed E-state index contributed by atoms with van der Waals surface area (Å²) in [7, 11) is 2.75. The van der Waals surface area contributed by atoms with E-state index in [9.17, 15) is 14.4 Å². The van der Waals surface area contributed by atoms with E-state index in [1.165, 1.54) is 32.4 Å². The van der Waals surface area contributed by atoms with Gasteiger partial charge in [0.25, 0.3) is 5.91 Å². The minimum absolute atomic E-state index is 0.0119. The summed E-state index contributed by atoms with van der Waals surface area (Å²) in [6.07, 6.45) is 1.41. The third-order valence-corrected chi connectivity index (χ3v) is 4.21. The molecule has 1 aliphatic rings. The molecule has 1 aromatic carbocycles. The number of nitrogens with one attached hydrogen (secondary N) is 1. The summed E-state index contributed by atoms with van der Waals surface area (Å²) in [5, 5.41) is 2.55. The molecule has 1 aliphatic heterocycles. The first-order valence-corrected chi connectivity index (χ1v) is 9.19. The van der Waals surface area contributed by atoms with Crippen molar-refractivity contribution in [1.29, 1.82) is 0 Å². The van der Waals surface area contributed by atoms with E-state index >= 15 is 0 Å². The van der Waals surface area contributed by atoms with E-state index < -0.39 is 17.9 Å². The Kier molecular flexibility index (Phi) is 6.10. The fourth-order valence-corrected chi connectivity index (χ4v) is 2.87. The second kappa shape index (κ2) is 8.73. The zero-order valence-corrected chi connectivity index (χ0v) is 17.1. The average Bonchev–Trinajstić information content (AvgIpc) is 3.29. The Labute approximate surface area is 173 Å². The summed E-state index contributed by atoms with van der Waals surface area (Å²) in [6.45, 7) is 3.62. The third kappa shape index (κ3) is 4.29. The maximum absolute atomic E-state index is 12.8. The Balaban J connectivity index is 1.85. The number of rotatable bonds is 7. The van der Waals surface area contributed by atoms with Crippen molar-refractivity contribution in [3.8, 4) is 11.5 Å². The fourth-order valence-electron chi connectivity index (χ4n) is 2.87. The number of amides is 3. The summed E-state index contributed by atoms with van der Waals surface area (Å²) < 4.78 is 21.1. The first-order chi connectivity index (χ1) is 14.3. The lowest BCUT2D eigenvalue weighted by molar-refractivity contribution is -0.123. The highest BCUT2D eigenvalue weighted by Gasteiger charge is 2.34. The van der Waals surface area contributed by atoms with Crippen LogP contribution < -0.4 is 14.8 Å². The van der Waals surface area contributed by atoms with Crippen LogP contribution in [0.15, 0.2) is 40.4 Å². The number of hydrogen-bond acceptors (Lipinski definition) is 7. The molecule has 158 valence electrons. The molecular formula is C21H22N2O7. The number of ether oxygens (including phenoxy) is 3. The Morgan fingerprint density at radius 1 is 1.20 bits per heavy atom. The number of para-hydroxylation sites is 1. The lowest BCUT2D eigenvalue weighted by Gasteiger charge is -2.16. The molecular weight excluding hydrogens is 392 g/mol. The highest BCUT2D eigenvalue weighted by molar-refractivity contribution is 6.14. The molecule has 0 saturated carbocycles. The number of esters is 1. The van der Waals surface area contributed by atoms with Gasteiger partial charge in [0, 0.05) is 5.56 Å². The summed E-state index contributed by atoms with van der Waals surface area (Å²) in [6, 6.07) is 7.58. The summed E-state index contributed by atoms with van der Waals surface area (Å²) >= 11 is 0. The maximum Gasteiger partial charge on any atom is 0.373 e. The van der Waals surface area contributed by atoms with Crippen LogP contribution in [0.4, 0.5) is 4.79 Å². The molecule has 2 aromatic rings. The van der Waals surface area contributed by atoms with E-state index in [1.807, 2.05) is 13.8 Å². The Bertz CT molecular complexity index is 1010. The number of hydrogen-bond donors (Lipinski definition) is 1. The molecule has 30 heavy (non-hydrogen) atoms. The normalized spacial score (nSPS) is 15.0. The van der Waals surface area contributed by atoms with Gasteiger partial charge in [-0.05, 0) is 38.1 Å². The van der Waals surface area contributed by atoms with E-state index in [1.54, 1.807) is 18.2 Å². The molecule has 0 atom stereocenters. The summed E-state index contributed by atoms with van der Waals surface area (Å²) in [5.74, 6) is 0.0611. The largest absolute Gasteiger partial charge is 0.493 e. The second-order valence-electron chi connectivity index (χ2n) is 6.68. The van der Waals surface area contributed by atoms with E-state index in [4.69, 9.17) is 13.9 Å². The SMILES string of the molecule is COC(=O)c1ccc(CN2C(=O)N/C(=C\c3cccc(OC)c3OC(C)C)C2=O)o1. The minimum atomic E-state index is -0.644. The van der Waals surface area contributed by atoms with Gasteiger partial charge in [0.2, 0.25) is 5.76 Å². The third-order valence-electron chi connectivity index (χ3n) is 4.21. The highest BCUT2D eigenvalue weighted by atomic mass is 16.5. The van der Waals surface area contributed by atoms with E-state index in [2.05, 4.69) is 10.1 Å². The smallest absolute Gasteiger partial charge is 0.373 e. The topological polar surface area (TPSA) is 107 Å². The Hall–Kier alpha value is -3.75. The van der Waals surface area contributed by atoms with Crippen LogP contribution in [-0.4, -0.2) is 43.1 Å². The second-order valence-corrected chi connectivity index (χ2v) is 6.68. The lowest BCUT2D eigenvalue weighted by atomic mass is 10.1. The van der Waals surface area contributed by atoms with Crippen LogP contribution in [0.5, 0.6) is 11.5 Å². The number of furan rings is 1. The highest BCUT2D eigenvalue weighted by Crippen LogP contribution is 2.34. The molecule has 9 heteroatoms. The molecule has 1 fully saturated rings. The Morgan fingerprint density at radius 3 is 2.63 bits per heavy atom. The van der Waals surface area contributed by atoms with Gasteiger partial charge in [0.05, 0.1) is 26.9 Å². The van der Waals surface area contributed by atoms with Crippen LogP contribution in [0.25, 0.3) is 6.08 Å². The number of urea groups is 1. The monoisotopic (exact) mass is 414 g/mol. The number of benzene rings is 1. The minimum Gasteiger partial charge on any atom is -0.493 e. The van der Waals surface area contributed by atoms with E-state index in [0.717, 1.165) is 4.90 Å². The van der Waals surface area contributed by atoms with Crippen LogP contribution >= 0.6 is 0 Å². The average molecular weight is 414 g/mol. The molecule has 2 heterocycles. The van der Waals surface area contributed by atoms with Gasteiger partial charge >= 0.3 is 12.0 Å². The van der Waals surface area contributed by atoms with Crippen LogP contribution in [0.1, 0.15) is 35.7 Å². The standard InChI is InChI=1S/C21H22N2O7/c1-12(2)29-18-13(6-5-7-16(18)27-3)10-15-19(24)23(21(26)22-15)11-14-8-9-17(30-14)20(25)28-4/h5-10,12H,11H2,1-4H3,(H,22,26)/b15-10-. The molecule has 3 rings (SSSR count). The van der Waals surface area contributed by atoms with Crippen molar-refractivity contribution in [1.82, 2.24) is 10.2 Å². The van der Waals surface area contributed by atoms with E-state index in [0.29, 0.717) is 17.1 Å². The van der Waals surface area contributed by atoms with Gasteiger partial charge < -0.3 is 23.9 Å². The van der Waals surface area contributed by atoms with Gasteiger partial charge in [-0.1, -0.05) is 12.1 Å². The Morgan fingerprint density at radius 2 is 1.97 bits per heavy atom. The zero-order chi connectivity index (χ0) is 21.8. The number of carbonyl (C=O) groups excluding carboxylic acids is 3. The molecule has 1 aromatic heterocycles. The van der Waals surface area contributed by atoms with Gasteiger partial charge in [0.1, 0.15) is 11.5 Å². The molecule has 0 spiro atoms. The predicted octanol–water partition coefficient (Wildman–Crippen LogP) is 2.95. The molecule has 3 amide bonds. The number of nitrogens with zero attached hydrogens (tertiary/aromatic N) is 1. The van der Waals surface area contributed by atoms with Crippen molar-refractivity contribution < 1.29 is 33.0 Å². The van der Waals surface area contributed by atoms with Gasteiger partial charge in [-0.25, -0.2) is 9.59 Å². The van der Waals surface area contributed by atoms with Crippen LogP contribution in [0.2, 0.25) is 0 Å².